The summed E-state index contributed by atoms with van der Waals surface area (Å²) in [7, 11) is 4.44. The molecule has 0 fully saturated rings. The Balaban J connectivity index is 1.87. The number of ether oxygens (including phenoxy) is 5. The van der Waals surface area contributed by atoms with Gasteiger partial charge in [-0.3, -0.25) is 4.79 Å². The van der Waals surface area contributed by atoms with Crippen molar-refractivity contribution in [2.24, 2.45) is 0 Å². The molecule has 0 radical (unpaired) electrons. The van der Waals surface area contributed by atoms with Crippen molar-refractivity contribution in [2.75, 3.05) is 39.9 Å². The Morgan fingerprint density at radius 2 is 1.58 bits per heavy atom. The van der Waals surface area contributed by atoms with E-state index >= 15 is 0 Å². The van der Waals surface area contributed by atoms with E-state index in [9.17, 15) is 9.59 Å². The van der Waals surface area contributed by atoms with E-state index in [1.54, 1.807) is 12.1 Å². The highest BCUT2D eigenvalue weighted by atomic mass is 16.6. The summed E-state index contributed by atoms with van der Waals surface area (Å²) >= 11 is 0. The molecule has 0 unspecified atom stereocenters. The summed E-state index contributed by atoms with van der Waals surface area (Å²) in [5.41, 5.74) is 2.72. The van der Waals surface area contributed by atoms with Gasteiger partial charge in [0.25, 0.3) is 5.91 Å². The zero-order valence-corrected chi connectivity index (χ0v) is 18.7. The maximum absolute atomic E-state index is 12.1. The Labute approximate surface area is 182 Å². The highest BCUT2D eigenvalue weighted by molar-refractivity contribution is 5.93. The van der Waals surface area contributed by atoms with Crippen LogP contribution in [-0.4, -0.2) is 46.4 Å². The molecule has 0 aliphatic rings. The van der Waals surface area contributed by atoms with E-state index in [1.807, 2.05) is 25.1 Å². The highest BCUT2D eigenvalue weighted by Crippen LogP contribution is 2.39. The topological polar surface area (TPSA) is 92.3 Å². The van der Waals surface area contributed by atoms with E-state index in [4.69, 9.17) is 23.7 Å². The minimum Gasteiger partial charge on any atom is -0.493 e. The van der Waals surface area contributed by atoms with E-state index in [0.29, 0.717) is 34.6 Å². The number of methoxy groups -OCH3 is 3. The molecule has 0 aromatic heterocycles. The van der Waals surface area contributed by atoms with Crippen LogP contribution in [0.15, 0.2) is 30.3 Å². The molecule has 0 aliphatic carbocycles. The molecule has 1 amide bonds. The SMILES string of the molecule is COc1cc(NC(=O)COC(=O)COc2ccc(C(C)C)c(C)c2)cc(OC)c1OC. The molecule has 2 rings (SSSR count). The second kappa shape index (κ2) is 11.1. The van der Waals surface area contributed by atoms with Gasteiger partial charge >= 0.3 is 5.97 Å². The van der Waals surface area contributed by atoms with Gasteiger partial charge in [-0.15, -0.1) is 0 Å². The van der Waals surface area contributed by atoms with Gasteiger partial charge in [-0.05, 0) is 36.1 Å². The third-order valence-corrected chi connectivity index (χ3v) is 4.53. The lowest BCUT2D eigenvalue weighted by Crippen LogP contribution is -2.23. The minimum absolute atomic E-state index is 0.294. The molecule has 0 saturated heterocycles. The number of hydrogen-bond donors (Lipinski definition) is 1. The average Bonchev–Trinajstić information content (AvgIpc) is 2.75. The highest BCUT2D eigenvalue weighted by Gasteiger charge is 2.15. The summed E-state index contributed by atoms with van der Waals surface area (Å²) in [5, 5.41) is 2.62. The van der Waals surface area contributed by atoms with Crippen molar-refractivity contribution >= 4 is 17.6 Å². The number of anilines is 1. The molecule has 8 nitrogen and oxygen atoms in total. The van der Waals surface area contributed by atoms with Crippen LogP contribution >= 0.6 is 0 Å². The van der Waals surface area contributed by atoms with Crippen molar-refractivity contribution < 1.29 is 33.3 Å². The van der Waals surface area contributed by atoms with Crippen molar-refractivity contribution in [1.29, 1.82) is 0 Å². The fourth-order valence-electron chi connectivity index (χ4n) is 3.07. The Morgan fingerprint density at radius 1 is 0.935 bits per heavy atom. The van der Waals surface area contributed by atoms with Crippen molar-refractivity contribution in [2.45, 2.75) is 26.7 Å². The Morgan fingerprint density at radius 3 is 2.10 bits per heavy atom. The van der Waals surface area contributed by atoms with Gasteiger partial charge in [-0.2, -0.15) is 0 Å². The summed E-state index contributed by atoms with van der Waals surface area (Å²) in [5.74, 6) is 1.00. The third-order valence-electron chi connectivity index (χ3n) is 4.53. The van der Waals surface area contributed by atoms with Crippen LogP contribution in [0.25, 0.3) is 0 Å². The first kappa shape index (κ1) is 23.9. The van der Waals surface area contributed by atoms with Gasteiger partial charge in [0, 0.05) is 17.8 Å². The van der Waals surface area contributed by atoms with Gasteiger partial charge in [-0.25, -0.2) is 4.79 Å². The number of amides is 1. The summed E-state index contributed by atoms with van der Waals surface area (Å²) in [6.45, 7) is 5.48. The first-order chi connectivity index (χ1) is 14.8. The standard InChI is InChI=1S/C23H29NO7/c1-14(2)18-8-7-17(9-15(18)3)30-13-22(26)31-12-21(25)24-16-10-19(27-4)23(29-6)20(11-16)28-5/h7-11,14H,12-13H2,1-6H3,(H,24,25). The first-order valence-corrected chi connectivity index (χ1v) is 9.77. The lowest BCUT2D eigenvalue weighted by molar-refractivity contribution is -0.149. The fourth-order valence-corrected chi connectivity index (χ4v) is 3.07. The summed E-state index contributed by atoms with van der Waals surface area (Å²) in [6.07, 6.45) is 0. The summed E-state index contributed by atoms with van der Waals surface area (Å²) < 4.78 is 26.2. The van der Waals surface area contributed by atoms with E-state index in [-0.39, 0.29) is 6.61 Å². The molecular weight excluding hydrogens is 402 g/mol. The van der Waals surface area contributed by atoms with Crippen LogP contribution in [0.4, 0.5) is 5.69 Å². The Bertz CT molecular complexity index is 899. The van der Waals surface area contributed by atoms with Crippen LogP contribution in [0.5, 0.6) is 23.0 Å². The monoisotopic (exact) mass is 431 g/mol. The van der Waals surface area contributed by atoms with Crippen LogP contribution < -0.4 is 24.3 Å². The van der Waals surface area contributed by atoms with Gasteiger partial charge in [0.1, 0.15) is 5.75 Å². The van der Waals surface area contributed by atoms with Crippen molar-refractivity contribution in [3.05, 3.63) is 41.5 Å². The Hall–Kier alpha value is -3.42. The lowest BCUT2D eigenvalue weighted by Gasteiger charge is -2.14. The molecule has 2 aromatic carbocycles. The molecular formula is C23H29NO7. The number of aryl methyl sites for hydroxylation is 1. The van der Waals surface area contributed by atoms with Gasteiger partial charge in [-0.1, -0.05) is 19.9 Å². The second-order valence-electron chi connectivity index (χ2n) is 7.08. The number of nitrogens with one attached hydrogen (secondary N) is 1. The number of carbonyl (C=O) groups is 2. The minimum atomic E-state index is -0.648. The molecule has 1 N–H and O–H groups in total. The largest absolute Gasteiger partial charge is 0.493 e. The zero-order chi connectivity index (χ0) is 23.0. The average molecular weight is 431 g/mol. The number of carbonyl (C=O) groups excluding carboxylic acids is 2. The molecule has 0 atom stereocenters. The predicted octanol–water partition coefficient (Wildman–Crippen LogP) is 3.70. The molecule has 2 aromatic rings. The van der Waals surface area contributed by atoms with Crippen LogP contribution in [0.2, 0.25) is 0 Å². The van der Waals surface area contributed by atoms with Crippen LogP contribution in [0.3, 0.4) is 0 Å². The number of hydrogen-bond acceptors (Lipinski definition) is 7. The van der Waals surface area contributed by atoms with Crippen LogP contribution in [0, 0.1) is 6.92 Å². The van der Waals surface area contributed by atoms with E-state index in [0.717, 1.165) is 5.56 Å². The van der Waals surface area contributed by atoms with Crippen molar-refractivity contribution in [3.63, 3.8) is 0 Å². The molecule has 0 heterocycles. The van der Waals surface area contributed by atoms with Gasteiger partial charge in [0.15, 0.2) is 24.7 Å². The smallest absolute Gasteiger partial charge is 0.344 e. The number of esters is 1. The maximum atomic E-state index is 12.1. The normalized spacial score (nSPS) is 10.4. The molecule has 0 saturated carbocycles. The Kier molecular flexibility index (Phi) is 8.54. The van der Waals surface area contributed by atoms with Gasteiger partial charge < -0.3 is 29.0 Å². The van der Waals surface area contributed by atoms with Crippen LogP contribution in [-0.2, 0) is 14.3 Å². The molecule has 0 bridgehead atoms. The summed E-state index contributed by atoms with van der Waals surface area (Å²) in [6, 6.07) is 8.82. The zero-order valence-electron chi connectivity index (χ0n) is 18.7. The van der Waals surface area contributed by atoms with Crippen molar-refractivity contribution in [3.8, 4) is 23.0 Å². The lowest BCUT2D eigenvalue weighted by atomic mass is 9.98. The molecule has 0 aliphatic heterocycles. The van der Waals surface area contributed by atoms with Crippen LogP contribution in [0.1, 0.15) is 30.9 Å². The predicted molar refractivity (Wildman–Crippen MR) is 116 cm³/mol. The fraction of sp³-hybridized carbons (Fsp3) is 0.391. The van der Waals surface area contributed by atoms with Crippen molar-refractivity contribution in [1.82, 2.24) is 0 Å². The second-order valence-corrected chi connectivity index (χ2v) is 7.08. The third kappa shape index (κ3) is 6.53. The van der Waals surface area contributed by atoms with E-state index in [2.05, 4.69) is 19.2 Å². The molecule has 31 heavy (non-hydrogen) atoms. The quantitative estimate of drug-likeness (QED) is 0.573. The number of rotatable bonds is 10. The molecule has 0 spiro atoms. The molecule has 168 valence electrons. The molecule has 8 heteroatoms. The summed E-state index contributed by atoms with van der Waals surface area (Å²) in [4.78, 5) is 24.1. The van der Waals surface area contributed by atoms with Gasteiger partial charge in [0.2, 0.25) is 5.75 Å². The van der Waals surface area contributed by atoms with Gasteiger partial charge in [0.05, 0.1) is 21.3 Å². The van der Waals surface area contributed by atoms with E-state index in [1.165, 1.54) is 26.9 Å². The van der Waals surface area contributed by atoms with E-state index < -0.39 is 18.5 Å². The number of benzene rings is 2. The first-order valence-electron chi connectivity index (χ1n) is 9.77. The maximum Gasteiger partial charge on any atom is 0.344 e.